The van der Waals surface area contributed by atoms with E-state index in [4.69, 9.17) is 18.0 Å². The predicted molar refractivity (Wildman–Crippen MR) is 116 cm³/mol. The number of halogens is 4. The highest BCUT2D eigenvalue weighted by molar-refractivity contribution is 7.80. The topological polar surface area (TPSA) is 63.7 Å². The fraction of sp³-hybridized carbons (Fsp3) is 0.136. The number of thiocarbonyl (C=S) groups is 1. The van der Waals surface area contributed by atoms with E-state index in [2.05, 4.69) is 14.7 Å². The third-order valence-corrected chi connectivity index (χ3v) is 5.67. The highest BCUT2D eigenvalue weighted by Crippen LogP contribution is 2.42. The van der Waals surface area contributed by atoms with Crippen molar-refractivity contribution in [2.75, 3.05) is 7.05 Å². The lowest BCUT2D eigenvalue weighted by Crippen LogP contribution is -2.39. The number of aromatic nitrogens is 1. The number of pyridine rings is 1. The number of alkyl halides is 3. The fourth-order valence-electron chi connectivity index (χ4n) is 3.60. The largest absolute Gasteiger partial charge is 0.573 e. The van der Waals surface area contributed by atoms with Gasteiger partial charge >= 0.3 is 6.36 Å². The molecule has 4 rings (SSSR count). The predicted octanol–water partition coefficient (Wildman–Crippen LogP) is 4.62. The van der Waals surface area contributed by atoms with E-state index in [1.54, 1.807) is 43.4 Å². The van der Waals surface area contributed by atoms with E-state index in [1.165, 1.54) is 35.4 Å². The van der Waals surface area contributed by atoms with E-state index in [1.807, 2.05) is 0 Å². The molecule has 2 aromatic carbocycles. The summed E-state index contributed by atoms with van der Waals surface area (Å²) in [5, 5.41) is 0. The van der Waals surface area contributed by atoms with Crippen LogP contribution in [0.5, 0.6) is 5.75 Å². The van der Waals surface area contributed by atoms with Crippen molar-refractivity contribution in [3.8, 4) is 16.9 Å². The SMILES string of the molecule is CN1C(=S)C(c2ccc(OC(F)(F)F)cc2)(c2cccc(-c3cccnc3F)c2)N=C1N. The summed E-state index contributed by atoms with van der Waals surface area (Å²) in [5.41, 5.74) is 6.63. The Morgan fingerprint density at radius 2 is 1.75 bits per heavy atom. The van der Waals surface area contributed by atoms with Gasteiger partial charge in [-0.1, -0.05) is 42.5 Å². The van der Waals surface area contributed by atoms with Crippen LogP contribution in [0.3, 0.4) is 0 Å². The van der Waals surface area contributed by atoms with Gasteiger partial charge in [0.15, 0.2) is 11.5 Å². The second kappa shape index (κ2) is 7.86. The number of ether oxygens (including phenoxy) is 1. The van der Waals surface area contributed by atoms with Gasteiger partial charge in [-0.15, -0.1) is 13.2 Å². The van der Waals surface area contributed by atoms with Crippen LogP contribution in [0, 0.1) is 5.95 Å². The molecular formula is C22H16F4N4OS. The second-order valence-electron chi connectivity index (χ2n) is 7.04. The first-order valence-corrected chi connectivity index (χ1v) is 9.74. The summed E-state index contributed by atoms with van der Waals surface area (Å²) in [4.78, 5) is 10.1. The van der Waals surface area contributed by atoms with Gasteiger partial charge in [0.05, 0.1) is 0 Å². The maximum atomic E-state index is 14.3. The number of rotatable bonds is 4. The molecule has 1 aromatic heterocycles. The van der Waals surface area contributed by atoms with Crippen molar-refractivity contribution in [1.29, 1.82) is 0 Å². The van der Waals surface area contributed by atoms with Gasteiger partial charge in [-0.3, -0.25) is 0 Å². The van der Waals surface area contributed by atoms with Gasteiger partial charge in [0.2, 0.25) is 5.95 Å². The van der Waals surface area contributed by atoms with E-state index < -0.39 is 17.8 Å². The third kappa shape index (κ3) is 3.77. The molecule has 5 nitrogen and oxygen atoms in total. The van der Waals surface area contributed by atoms with Crippen LogP contribution in [0.1, 0.15) is 11.1 Å². The summed E-state index contributed by atoms with van der Waals surface area (Å²) in [6.07, 6.45) is -3.46. The van der Waals surface area contributed by atoms with Crippen LogP contribution < -0.4 is 10.5 Å². The molecule has 1 aliphatic rings. The van der Waals surface area contributed by atoms with Gasteiger partial charge in [0.25, 0.3) is 0 Å². The summed E-state index contributed by atoms with van der Waals surface area (Å²) in [6, 6.07) is 15.4. The van der Waals surface area contributed by atoms with Crippen molar-refractivity contribution in [2.24, 2.45) is 10.7 Å². The summed E-state index contributed by atoms with van der Waals surface area (Å²) < 4.78 is 55.9. The van der Waals surface area contributed by atoms with E-state index in [-0.39, 0.29) is 17.3 Å². The van der Waals surface area contributed by atoms with Gasteiger partial charge in [-0.25, -0.2) is 9.98 Å². The Balaban J connectivity index is 1.86. The smallest absolute Gasteiger partial charge is 0.406 e. The Labute approximate surface area is 186 Å². The van der Waals surface area contributed by atoms with Crippen LogP contribution in [0.25, 0.3) is 11.1 Å². The Morgan fingerprint density at radius 1 is 1.03 bits per heavy atom. The minimum absolute atomic E-state index is 0.142. The molecule has 0 aliphatic carbocycles. The van der Waals surface area contributed by atoms with Crippen LogP contribution in [0.4, 0.5) is 17.6 Å². The van der Waals surface area contributed by atoms with Crippen LogP contribution in [0.2, 0.25) is 0 Å². The molecule has 2 heterocycles. The summed E-state index contributed by atoms with van der Waals surface area (Å²) in [5.74, 6) is -0.873. The Bertz CT molecular complexity index is 1210. The Hall–Kier alpha value is -3.53. The van der Waals surface area contributed by atoms with Crippen LogP contribution in [0.15, 0.2) is 71.9 Å². The minimum Gasteiger partial charge on any atom is -0.406 e. The maximum absolute atomic E-state index is 14.3. The molecule has 1 aliphatic heterocycles. The second-order valence-corrected chi connectivity index (χ2v) is 7.43. The summed E-state index contributed by atoms with van der Waals surface area (Å²) in [6.45, 7) is 0. The third-order valence-electron chi connectivity index (χ3n) is 5.10. The first-order valence-electron chi connectivity index (χ1n) is 9.33. The van der Waals surface area contributed by atoms with Crippen LogP contribution >= 0.6 is 12.2 Å². The first-order chi connectivity index (χ1) is 15.1. The minimum atomic E-state index is -4.81. The molecular weight excluding hydrogens is 444 g/mol. The lowest BCUT2D eigenvalue weighted by Gasteiger charge is -2.29. The van der Waals surface area contributed by atoms with Crippen molar-refractivity contribution in [1.82, 2.24) is 9.88 Å². The van der Waals surface area contributed by atoms with Crippen LogP contribution in [-0.4, -0.2) is 34.2 Å². The van der Waals surface area contributed by atoms with Crippen molar-refractivity contribution in [3.05, 3.63) is 83.9 Å². The van der Waals surface area contributed by atoms with Crippen molar-refractivity contribution < 1.29 is 22.3 Å². The highest BCUT2D eigenvalue weighted by Gasteiger charge is 2.46. The monoisotopic (exact) mass is 460 g/mol. The molecule has 1 unspecified atom stereocenters. The first kappa shape index (κ1) is 21.7. The van der Waals surface area contributed by atoms with Gasteiger partial charge in [-0.2, -0.15) is 4.39 Å². The molecule has 3 aromatic rings. The average molecular weight is 460 g/mol. The van der Waals surface area contributed by atoms with Gasteiger partial charge in [-0.05, 0) is 47.0 Å². The number of benzene rings is 2. The van der Waals surface area contributed by atoms with Crippen molar-refractivity contribution >= 4 is 23.2 Å². The molecule has 10 heteroatoms. The van der Waals surface area contributed by atoms with E-state index >= 15 is 0 Å². The highest BCUT2D eigenvalue weighted by atomic mass is 32.1. The normalized spacial score (nSPS) is 18.6. The number of likely N-dealkylation sites (N-methyl/N-ethyl adjacent to an activating group) is 1. The summed E-state index contributed by atoms with van der Waals surface area (Å²) >= 11 is 5.66. The van der Waals surface area contributed by atoms with Crippen LogP contribution in [-0.2, 0) is 5.54 Å². The molecule has 0 saturated carbocycles. The molecule has 1 atom stereocenters. The number of nitrogens with zero attached hydrogens (tertiary/aromatic N) is 3. The number of aliphatic imine (C=N–C) groups is 1. The van der Waals surface area contributed by atoms with Gasteiger partial charge in [0, 0.05) is 18.8 Å². The van der Waals surface area contributed by atoms with Gasteiger partial charge < -0.3 is 15.4 Å². The average Bonchev–Trinajstić information content (AvgIpc) is 2.98. The quantitative estimate of drug-likeness (QED) is 0.350. The van der Waals surface area contributed by atoms with E-state index in [0.717, 1.165) is 0 Å². The summed E-state index contributed by atoms with van der Waals surface area (Å²) in [7, 11) is 1.65. The molecule has 164 valence electrons. The zero-order valence-electron chi connectivity index (χ0n) is 16.6. The Kier molecular flexibility index (Phi) is 5.33. The lowest BCUT2D eigenvalue weighted by atomic mass is 9.82. The number of hydrogen-bond acceptors (Lipinski definition) is 5. The molecule has 2 N–H and O–H groups in total. The molecule has 0 bridgehead atoms. The van der Waals surface area contributed by atoms with E-state index in [0.29, 0.717) is 21.7 Å². The molecule has 0 radical (unpaired) electrons. The number of guanidine groups is 1. The van der Waals surface area contributed by atoms with Crippen molar-refractivity contribution in [2.45, 2.75) is 11.9 Å². The molecule has 0 spiro atoms. The maximum Gasteiger partial charge on any atom is 0.573 e. The lowest BCUT2D eigenvalue weighted by molar-refractivity contribution is -0.274. The molecule has 32 heavy (non-hydrogen) atoms. The Morgan fingerprint density at radius 3 is 2.34 bits per heavy atom. The zero-order valence-corrected chi connectivity index (χ0v) is 17.4. The molecule has 0 amide bonds. The van der Waals surface area contributed by atoms with Crippen molar-refractivity contribution in [3.63, 3.8) is 0 Å². The fourth-order valence-corrected chi connectivity index (χ4v) is 3.97. The molecule has 0 fully saturated rings. The molecule has 0 saturated heterocycles. The number of hydrogen-bond donors (Lipinski definition) is 1. The number of nitrogens with two attached hydrogens (primary N) is 1. The van der Waals surface area contributed by atoms with E-state index in [9.17, 15) is 17.6 Å². The standard InChI is InChI=1S/C22H16F4N4OS/c1-30-19(32)21(29-20(30)27,14-7-9-16(10-8-14)31-22(24,25)26)15-5-2-4-13(12-15)17-6-3-11-28-18(17)23/h2-12H,1H3,(H2,27,29). The zero-order chi connectivity index (χ0) is 23.1. The van der Waals surface area contributed by atoms with Gasteiger partial charge in [0.1, 0.15) is 10.7 Å².